The molecule has 0 saturated heterocycles. The molecule has 82 valence electrons. The molecule has 1 aromatic rings. The fraction of sp³-hybridized carbons (Fsp3) is 0.538. The highest BCUT2D eigenvalue weighted by molar-refractivity contribution is 5.33. The standard InChI is InChI=1S/C13H16F2/c1-12(2,15)13(8-5-9-13)10-6-3-4-7-11(10)14/h3-4,6-7H,5,8-9H2,1-2H3. The highest BCUT2D eigenvalue weighted by atomic mass is 19.1. The molecule has 1 fully saturated rings. The third-order valence-corrected chi connectivity index (χ3v) is 3.73. The fourth-order valence-corrected chi connectivity index (χ4v) is 2.56. The lowest BCUT2D eigenvalue weighted by molar-refractivity contribution is 0.0241. The van der Waals surface area contributed by atoms with Gasteiger partial charge in [0, 0.05) is 5.41 Å². The van der Waals surface area contributed by atoms with Crippen molar-refractivity contribution in [1.29, 1.82) is 0 Å². The van der Waals surface area contributed by atoms with Crippen molar-refractivity contribution in [2.24, 2.45) is 0 Å². The molecule has 0 N–H and O–H groups in total. The first-order valence-electron chi connectivity index (χ1n) is 5.41. The Morgan fingerprint density at radius 2 is 1.80 bits per heavy atom. The van der Waals surface area contributed by atoms with E-state index in [1.807, 2.05) is 0 Å². The molecule has 0 nitrogen and oxygen atoms in total. The van der Waals surface area contributed by atoms with Crippen LogP contribution in [0.2, 0.25) is 0 Å². The van der Waals surface area contributed by atoms with Crippen LogP contribution >= 0.6 is 0 Å². The Hall–Kier alpha value is -0.920. The topological polar surface area (TPSA) is 0 Å². The summed E-state index contributed by atoms with van der Waals surface area (Å²) < 4.78 is 27.9. The van der Waals surface area contributed by atoms with Crippen molar-refractivity contribution < 1.29 is 8.78 Å². The Bertz CT molecular complexity index is 359. The third-order valence-electron chi connectivity index (χ3n) is 3.73. The lowest BCUT2D eigenvalue weighted by Crippen LogP contribution is -2.50. The smallest absolute Gasteiger partial charge is 0.127 e. The van der Waals surface area contributed by atoms with Crippen LogP contribution in [0, 0.1) is 5.82 Å². The summed E-state index contributed by atoms with van der Waals surface area (Å²) in [5.74, 6) is -0.275. The van der Waals surface area contributed by atoms with Crippen molar-refractivity contribution in [2.45, 2.75) is 44.2 Å². The van der Waals surface area contributed by atoms with Gasteiger partial charge in [0.25, 0.3) is 0 Å². The largest absolute Gasteiger partial charge is 0.244 e. The number of hydrogen-bond donors (Lipinski definition) is 0. The molecule has 1 aliphatic rings. The zero-order valence-electron chi connectivity index (χ0n) is 9.19. The second-order valence-corrected chi connectivity index (χ2v) is 4.89. The minimum absolute atomic E-state index is 0.275. The molecule has 0 atom stereocenters. The molecular formula is C13H16F2. The van der Waals surface area contributed by atoms with Gasteiger partial charge in [-0.3, -0.25) is 0 Å². The van der Waals surface area contributed by atoms with E-state index in [4.69, 9.17) is 0 Å². The summed E-state index contributed by atoms with van der Waals surface area (Å²) >= 11 is 0. The van der Waals surface area contributed by atoms with Crippen molar-refractivity contribution in [2.75, 3.05) is 0 Å². The van der Waals surface area contributed by atoms with Crippen LogP contribution in [-0.2, 0) is 5.41 Å². The van der Waals surface area contributed by atoms with E-state index in [1.54, 1.807) is 32.0 Å². The predicted molar refractivity (Wildman–Crippen MR) is 57.1 cm³/mol. The average Bonchev–Trinajstić information content (AvgIpc) is 2.03. The van der Waals surface area contributed by atoms with Gasteiger partial charge < -0.3 is 0 Å². The van der Waals surface area contributed by atoms with Crippen molar-refractivity contribution in [3.8, 4) is 0 Å². The van der Waals surface area contributed by atoms with E-state index in [2.05, 4.69) is 0 Å². The van der Waals surface area contributed by atoms with Crippen LogP contribution in [0.1, 0.15) is 38.7 Å². The van der Waals surface area contributed by atoms with Gasteiger partial charge >= 0.3 is 0 Å². The number of halogens is 2. The number of alkyl halides is 1. The normalized spacial score (nSPS) is 19.7. The Labute approximate surface area is 89.3 Å². The lowest BCUT2D eigenvalue weighted by atomic mass is 9.57. The summed E-state index contributed by atoms with van der Waals surface area (Å²) in [6.45, 7) is 3.11. The van der Waals surface area contributed by atoms with Crippen LogP contribution < -0.4 is 0 Å². The molecule has 0 amide bonds. The molecule has 0 aliphatic heterocycles. The lowest BCUT2D eigenvalue weighted by Gasteiger charge is -2.49. The highest BCUT2D eigenvalue weighted by Crippen LogP contribution is 2.53. The minimum atomic E-state index is -1.35. The minimum Gasteiger partial charge on any atom is -0.244 e. The first-order chi connectivity index (χ1) is 6.97. The maximum atomic E-state index is 14.2. The summed E-state index contributed by atoms with van der Waals surface area (Å²) in [7, 11) is 0. The van der Waals surface area contributed by atoms with Gasteiger partial charge in [-0.15, -0.1) is 0 Å². The summed E-state index contributed by atoms with van der Waals surface area (Å²) in [6.07, 6.45) is 2.48. The molecule has 0 spiro atoms. The number of rotatable bonds is 2. The zero-order chi connectivity index (χ0) is 11.1. The van der Waals surface area contributed by atoms with Gasteiger partial charge in [-0.2, -0.15) is 0 Å². The Morgan fingerprint density at radius 3 is 2.20 bits per heavy atom. The molecule has 0 aromatic heterocycles. The second kappa shape index (κ2) is 3.29. The van der Waals surface area contributed by atoms with E-state index in [-0.39, 0.29) is 5.82 Å². The monoisotopic (exact) mass is 210 g/mol. The Balaban J connectivity index is 2.48. The number of benzene rings is 1. The molecular weight excluding hydrogens is 194 g/mol. The summed E-state index contributed by atoms with van der Waals surface area (Å²) in [5.41, 5.74) is -1.41. The third kappa shape index (κ3) is 1.47. The molecule has 0 bridgehead atoms. The van der Waals surface area contributed by atoms with Gasteiger partial charge in [0.1, 0.15) is 11.5 Å². The van der Waals surface area contributed by atoms with Gasteiger partial charge in [-0.05, 0) is 38.3 Å². The predicted octanol–water partition coefficient (Wildman–Crippen LogP) is 4.00. The van der Waals surface area contributed by atoms with Crippen LogP contribution in [0.25, 0.3) is 0 Å². The van der Waals surface area contributed by atoms with Crippen LogP contribution in [0.4, 0.5) is 8.78 Å². The zero-order valence-corrected chi connectivity index (χ0v) is 9.19. The van der Waals surface area contributed by atoms with Gasteiger partial charge in [-0.25, -0.2) is 8.78 Å². The van der Waals surface area contributed by atoms with Gasteiger partial charge in [-0.1, -0.05) is 24.6 Å². The van der Waals surface area contributed by atoms with Crippen LogP contribution in [0.5, 0.6) is 0 Å². The molecule has 0 radical (unpaired) electrons. The molecule has 2 heteroatoms. The van der Waals surface area contributed by atoms with Crippen LogP contribution in [-0.4, -0.2) is 5.67 Å². The van der Waals surface area contributed by atoms with Gasteiger partial charge in [0.2, 0.25) is 0 Å². The van der Waals surface area contributed by atoms with Crippen molar-refractivity contribution in [1.82, 2.24) is 0 Å². The van der Waals surface area contributed by atoms with Crippen molar-refractivity contribution in [3.63, 3.8) is 0 Å². The second-order valence-electron chi connectivity index (χ2n) is 4.89. The van der Waals surface area contributed by atoms with E-state index >= 15 is 0 Å². The Kier molecular flexibility index (Phi) is 2.32. The van der Waals surface area contributed by atoms with Crippen molar-refractivity contribution >= 4 is 0 Å². The molecule has 15 heavy (non-hydrogen) atoms. The maximum absolute atomic E-state index is 14.2. The Morgan fingerprint density at radius 1 is 1.20 bits per heavy atom. The average molecular weight is 210 g/mol. The fourth-order valence-electron chi connectivity index (χ4n) is 2.56. The first kappa shape index (κ1) is 10.6. The molecule has 1 aliphatic carbocycles. The molecule has 1 aromatic carbocycles. The van der Waals surface area contributed by atoms with E-state index in [0.717, 1.165) is 19.3 Å². The van der Waals surface area contributed by atoms with Gasteiger partial charge in [0.05, 0.1) is 0 Å². The summed E-state index contributed by atoms with van der Waals surface area (Å²) in [6, 6.07) is 6.57. The SMILES string of the molecule is CC(C)(F)C1(c2ccccc2F)CCC1. The number of hydrogen-bond acceptors (Lipinski definition) is 0. The van der Waals surface area contributed by atoms with Crippen LogP contribution in [0.15, 0.2) is 24.3 Å². The van der Waals surface area contributed by atoms with Gasteiger partial charge in [0.15, 0.2) is 0 Å². The summed E-state index contributed by atoms with van der Waals surface area (Å²) in [4.78, 5) is 0. The van der Waals surface area contributed by atoms with E-state index in [9.17, 15) is 8.78 Å². The van der Waals surface area contributed by atoms with E-state index in [1.165, 1.54) is 6.07 Å². The first-order valence-corrected chi connectivity index (χ1v) is 5.41. The maximum Gasteiger partial charge on any atom is 0.127 e. The van der Waals surface area contributed by atoms with E-state index in [0.29, 0.717) is 5.56 Å². The molecule has 2 rings (SSSR count). The van der Waals surface area contributed by atoms with Crippen LogP contribution in [0.3, 0.4) is 0 Å². The quantitative estimate of drug-likeness (QED) is 0.692. The molecule has 0 heterocycles. The molecule has 1 saturated carbocycles. The molecule has 0 unspecified atom stereocenters. The van der Waals surface area contributed by atoms with E-state index < -0.39 is 11.1 Å². The highest BCUT2D eigenvalue weighted by Gasteiger charge is 2.52. The van der Waals surface area contributed by atoms with Crippen molar-refractivity contribution in [3.05, 3.63) is 35.6 Å². The summed E-state index contributed by atoms with van der Waals surface area (Å²) in [5, 5.41) is 0.